The fourth-order valence-corrected chi connectivity index (χ4v) is 4.84. The van der Waals surface area contributed by atoms with Crippen molar-refractivity contribution in [1.29, 1.82) is 0 Å². The second-order valence-electron chi connectivity index (χ2n) is 7.59. The molecule has 0 spiro atoms. The van der Waals surface area contributed by atoms with Gasteiger partial charge in [0.25, 0.3) is 0 Å². The van der Waals surface area contributed by atoms with Crippen molar-refractivity contribution in [3.05, 3.63) is 47.3 Å². The zero-order valence-corrected chi connectivity index (χ0v) is 15.6. The predicted octanol–water partition coefficient (Wildman–Crippen LogP) is 3.46. The molecular formula is C21H24N2O2S. The molecule has 0 radical (unpaired) electrons. The smallest absolute Gasteiger partial charge is 0.225 e. The molecular weight excluding hydrogens is 344 g/mol. The van der Waals surface area contributed by atoms with Gasteiger partial charge in [-0.3, -0.25) is 9.59 Å². The molecule has 1 atom stereocenters. The van der Waals surface area contributed by atoms with Crippen LogP contribution >= 0.6 is 11.3 Å². The third kappa shape index (κ3) is 3.28. The number of piperidine rings is 1. The maximum absolute atomic E-state index is 12.6. The molecule has 0 bridgehead atoms. The van der Waals surface area contributed by atoms with Crippen LogP contribution < -0.4 is 5.73 Å². The lowest BCUT2D eigenvalue weighted by Gasteiger charge is -2.41. The second kappa shape index (κ2) is 6.88. The zero-order chi connectivity index (χ0) is 18.1. The molecule has 5 heteroatoms. The lowest BCUT2D eigenvalue weighted by atomic mass is 9.73. The molecule has 136 valence electrons. The van der Waals surface area contributed by atoms with E-state index in [9.17, 15) is 9.59 Å². The summed E-state index contributed by atoms with van der Waals surface area (Å²) in [5, 5.41) is 2.06. The maximum atomic E-state index is 12.6. The predicted molar refractivity (Wildman–Crippen MR) is 104 cm³/mol. The van der Waals surface area contributed by atoms with Crippen LogP contribution in [0, 0.1) is 11.3 Å². The lowest BCUT2D eigenvalue weighted by Crippen LogP contribution is -2.53. The second-order valence-corrected chi connectivity index (χ2v) is 8.54. The summed E-state index contributed by atoms with van der Waals surface area (Å²) in [7, 11) is 0. The Morgan fingerprint density at radius 2 is 2.00 bits per heavy atom. The third-order valence-corrected chi connectivity index (χ3v) is 6.57. The Hall–Kier alpha value is -2.14. The van der Waals surface area contributed by atoms with Crippen molar-refractivity contribution in [2.75, 3.05) is 13.1 Å². The van der Waals surface area contributed by atoms with E-state index in [0.717, 1.165) is 43.4 Å². The Morgan fingerprint density at radius 3 is 2.69 bits per heavy atom. The number of hydrogen-bond donors (Lipinski definition) is 1. The third-order valence-electron chi connectivity index (χ3n) is 5.67. The molecule has 4 rings (SSSR count). The summed E-state index contributed by atoms with van der Waals surface area (Å²) in [5.41, 5.74) is 7.52. The van der Waals surface area contributed by atoms with Gasteiger partial charge in [-0.25, -0.2) is 0 Å². The minimum absolute atomic E-state index is 0.178. The van der Waals surface area contributed by atoms with Gasteiger partial charge in [0.1, 0.15) is 0 Å². The Balaban J connectivity index is 1.63. The zero-order valence-electron chi connectivity index (χ0n) is 14.8. The van der Waals surface area contributed by atoms with Crippen molar-refractivity contribution < 1.29 is 9.59 Å². The molecule has 1 saturated carbocycles. The number of nitrogens with two attached hydrogens (primary N) is 1. The molecule has 0 unspecified atom stereocenters. The van der Waals surface area contributed by atoms with Crippen LogP contribution in [0.1, 0.15) is 31.2 Å². The van der Waals surface area contributed by atoms with Crippen LogP contribution in [0.2, 0.25) is 0 Å². The number of thiophene rings is 1. The molecule has 2 N–H and O–H groups in total. The van der Waals surface area contributed by atoms with E-state index in [2.05, 4.69) is 23.6 Å². The standard InChI is InChI=1S/C21H24N2O2S/c22-20(25)21(10-4-11-23(14-21)19(24)15-8-9-15)13-16-5-1-2-6-17(16)18-7-3-12-26-18/h1-3,5-7,12,15H,4,8-11,13-14H2,(H2,22,25)/t21-/m0/s1. The van der Waals surface area contributed by atoms with Gasteiger partial charge in [0, 0.05) is 23.9 Å². The maximum Gasteiger partial charge on any atom is 0.225 e. The summed E-state index contributed by atoms with van der Waals surface area (Å²) in [6, 6.07) is 12.4. The quantitative estimate of drug-likeness (QED) is 0.878. The molecule has 1 saturated heterocycles. The number of carbonyl (C=O) groups is 2. The van der Waals surface area contributed by atoms with Gasteiger partial charge in [-0.2, -0.15) is 0 Å². The summed E-state index contributed by atoms with van der Waals surface area (Å²) >= 11 is 1.70. The summed E-state index contributed by atoms with van der Waals surface area (Å²) < 4.78 is 0. The van der Waals surface area contributed by atoms with Crippen molar-refractivity contribution in [3.8, 4) is 10.4 Å². The molecule has 2 amide bonds. The monoisotopic (exact) mass is 368 g/mol. The molecule has 26 heavy (non-hydrogen) atoms. The number of likely N-dealkylation sites (tertiary alicyclic amines) is 1. The van der Waals surface area contributed by atoms with Crippen LogP contribution in [0.5, 0.6) is 0 Å². The van der Waals surface area contributed by atoms with Crippen molar-refractivity contribution >= 4 is 23.2 Å². The molecule has 2 aliphatic rings. The summed E-state index contributed by atoms with van der Waals surface area (Å²) in [4.78, 5) is 28.2. The summed E-state index contributed by atoms with van der Waals surface area (Å²) in [5.74, 6) is 0.103. The number of nitrogens with zero attached hydrogens (tertiary/aromatic N) is 1. The first-order valence-corrected chi connectivity index (χ1v) is 10.2. The summed E-state index contributed by atoms with van der Waals surface area (Å²) in [6.45, 7) is 1.20. The van der Waals surface area contributed by atoms with Gasteiger partial charge >= 0.3 is 0 Å². The highest BCUT2D eigenvalue weighted by atomic mass is 32.1. The number of amides is 2. The van der Waals surface area contributed by atoms with Crippen molar-refractivity contribution in [2.45, 2.75) is 32.1 Å². The lowest BCUT2D eigenvalue weighted by molar-refractivity contribution is -0.140. The molecule has 1 aromatic carbocycles. The Kier molecular flexibility index (Phi) is 4.57. The normalized spacial score (nSPS) is 23.0. The van der Waals surface area contributed by atoms with Crippen LogP contribution in [0.3, 0.4) is 0 Å². The number of carbonyl (C=O) groups excluding carboxylic acids is 2. The molecule has 1 aliphatic heterocycles. The minimum atomic E-state index is -0.670. The molecule has 1 aliphatic carbocycles. The van der Waals surface area contributed by atoms with Crippen molar-refractivity contribution in [1.82, 2.24) is 4.90 Å². The number of benzene rings is 1. The largest absolute Gasteiger partial charge is 0.369 e. The van der Waals surface area contributed by atoms with Crippen LogP contribution in [0.25, 0.3) is 10.4 Å². The summed E-state index contributed by atoms with van der Waals surface area (Å²) in [6.07, 6.45) is 4.14. The minimum Gasteiger partial charge on any atom is -0.369 e. The molecule has 2 heterocycles. The highest BCUT2D eigenvalue weighted by Gasteiger charge is 2.44. The first-order chi connectivity index (χ1) is 12.6. The highest BCUT2D eigenvalue weighted by molar-refractivity contribution is 7.13. The van der Waals surface area contributed by atoms with Crippen LogP contribution in [0.4, 0.5) is 0 Å². The van der Waals surface area contributed by atoms with E-state index in [1.54, 1.807) is 11.3 Å². The van der Waals surface area contributed by atoms with E-state index in [1.807, 2.05) is 23.1 Å². The van der Waals surface area contributed by atoms with Crippen molar-refractivity contribution in [2.24, 2.45) is 17.1 Å². The van der Waals surface area contributed by atoms with E-state index < -0.39 is 5.41 Å². The first-order valence-electron chi connectivity index (χ1n) is 9.29. The topological polar surface area (TPSA) is 63.4 Å². The van der Waals surface area contributed by atoms with Gasteiger partial charge in [0.2, 0.25) is 11.8 Å². The van der Waals surface area contributed by atoms with Gasteiger partial charge in [0.15, 0.2) is 0 Å². The first kappa shape index (κ1) is 17.3. The molecule has 2 fully saturated rings. The molecule has 4 nitrogen and oxygen atoms in total. The van der Waals surface area contributed by atoms with Gasteiger partial charge < -0.3 is 10.6 Å². The van der Waals surface area contributed by atoms with Gasteiger partial charge in [-0.15, -0.1) is 11.3 Å². The fourth-order valence-electron chi connectivity index (χ4n) is 4.05. The Bertz CT molecular complexity index is 813. The Labute approximate surface area is 158 Å². The van der Waals surface area contributed by atoms with E-state index in [-0.39, 0.29) is 17.7 Å². The van der Waals surface area contributed by atoms with Gasteiger partial charge in [-0.1, -0.05) is 30.3 Å². The average Bonchev–Trinajstić information content (AvgIpc) is 3.36. The fraction of sp³-hybridized carbons (Fsp3) is 0.429. The van der Waals surface area contributed by atoms with Crippen LogP contribution in [0.15, 0.2) is 41.8 Å². The molecule has 1 aromatic heterocycles. The van der Waals surface area contributed by atoms with E-state index in [1.165, 1.54) is 4.88 Å². The van der Waals surface area contributed by atoms with E-state index >= 15 is 0 Å². The number of rotatable bonds is 5. The van der Waals surface area contributed by atoms with Crippen LogP contribution in [-0.2, 0) is 16.0 Å². The highest BCUT2D eigenvalue weighted by Crippen LogP contribution is 2.39. The van der Waals surface area contributed by atoms with Crippen molar-refractivity contribution in [3.63, 3.8) is 0 Å². The van der Waals surface area contributed by atoms with E-state index in [0.29, 0.717) is 13.0 Å². The molecule has 2 aromatic rings. The SMILES string of the molecule is NC(=O)[C@]1(Cc2ccccc2-c2cccs2)CCCN(C(=O)C2CC2)C1. The average molecular weight is 369 g/mol. The van der Waals surface area contributed by atoms with Crippen LogP contribution in [-0.4, -0.2) is 29.8 Å². The van der Waals surface area contributed by atoms with Gasteiger partial charge in [-0.05, 0) is 54.7 Å². The number of hydrogen-bond acceptors (Lipinski definition) is 3. The Morgan fingerprint density at radius 1 is 1.19 bits per heavy atom. The van der Waals surface area contributed by atoms with E-state index in [4.69, 9.17) is 5.73 Å². The number of primary amides is 1. The van der Waals surface area contributed by atoms with Gasteiger partial charge in [0.05, 0.1) is 5.41 Å².